The molecule has 2 heterocycles. The number of esters is 1. The van der Waals surface area contributed by atoms with E-state index in [2.05, 4.69) is 4.90 Å². The quantitative estimate of drug-likeness (QED) is 0.292. The van der Waals surface area contributed by atoms with Crippen molar-refractivity contribution in [2.75, 3.05) is 44.8 Å². The van der Waals surface area contributed by atoms with Crippen molar-refractivity contribution in [3.05, 3.63) is 58.3 Å². The molecule has 30 heavy (non-hydrogen) atoms. The molecule has 1 aromatic heterocycles. The number of hydrogen-bond acceptors (Lipinski definition) is 8. The molecule has 0 atom stereocenters. The van der Waals surface area contributed by atoms with Gasteiger partial charge in [-0.15, -0.1) is 0 Å². The number of anilines is 1. The lowest BCUT2D eigenvalue weighted by atomic mass is 10.2. The van der Waals surface area contributed by atoms with Crippen molar-refractivity contribution in [3.8, 4) is 5.75 Å². The van der Waals surface area contributed by atoms with Crippen LogP contribution in [0.15, 0.2) is 46.9 Å². The van der Waals surface area contributed by atoms with Gasteiger partial charge in [0.15, 0.2) is 6.61 Å². The second-order valence-electron chi connectivity index (χ2n) is 6.44. The van der Waals surface area contributed by atoms with Crippen molar-refractivity contribution in [1.82, 2.24) is 4.90 Å². The van der Waals surface area contributed by atoms with Gasteiger partial charge in [0, 0.05) is 37.9 Å². The number of methoxy groups -OCH3 is 1. The van der Waals surface area contributed by atoms with Crippen molar-refractivity contribution >= 4 is 29.5 Å². The highest BCUT2D eigenvalue weighted by atomic mass is 16.6. The van der Waals surface area contributed by atoms with E-state index in [-0.39, 0.29) is 18.3 Å². The number of carbonyl (C=O) groups is 2. The van der Waals surface area contributed by atoms with Crippen LogP contribution in [0.4, 0.5) is 11.6 Å². The molecule has 0 radical (unpaired) electrons. The van der Waals surface area contributed by atoms with Gasteiger partial charge >= 0.3 is 11.9 Å². The average molecular weight is 415 g/mol. The molecule has 1 aliphatic heterocycles. The summed E-state index contributed by atoms with van der Waals surface area (Å²) in [5.41, 5.74) is 1.05. The molecule has 10 heteroatoms. The normalized spacial score (nSPS) is 14.0. The van der Waals surface area contributed by atoms with Crippen molar-refractivity contribution in [3.63, 3.8) is 0 Å². The number of benzene rings is 1. The zero-order chi connectivity index (χ0) is 21.5. The van der Waals surface area contributed by atoms with Gasteiger partial charge in [0.2, 0.25) is 0 Å². The number of amides is 1. The Labute approximate surface area is 172 Å². The Balaban J connectivity index is 1.42. The van der Waals surface area contributed by atoms with Crippen LogP contribution >= 0.6 is 0 Å². The highest BCUT2D eigenvalue weighted by molar-refractivity contribution is 5.89. The third kappa shape index (κ3) is 5.37. The van der Waals surface area contributed by atoms with Crippen LogP contribution < -0.4 is 9.64 Å². The molecule has 1 amide bonds. The highest BCUT2D eigenvalue weighted by Crippen LogP contribution is 2.20. The molecular formula is C20H21N3O7. The summed E-state index contributed by atoms with van der Waals surface area (Å²) in [6.07, 6.45) is 2.30. The Bertz CT molecular complexity index is 928. The molecule has 1 aromatic carbocycles. The predicted molar refractivity (Wildman–Crippen MR) is 107 cm³/mol. The molecule has 3 rings (SSSR count). The van der Waals surface area contributed by atoms with Gasteiger partial charge in [-0.25, -0.2) is 4.79 Å². The number of nitrogens with zero attached hydrogens (tertiary/aromatic N) is 3. The first-order chi connectivity index (χ1) is 14.5. The van der Waals surface area contributed by atoms with Crippen LogP contribution in [0, 0.1) is 10.1 Å². The summed E-state index contributed by atoms with van der Waals surface area (Å²) in [6.45, 7) is 2.01. The minimum atomic E-state index is -0.737. The number of furan rings is 1. The Morgan fingerprint density at radius 3 is 2.43 bits per heavy atom. The van der Waals surface area contributed by atoms with E-state index in [1.165, 1.54) is 18.2 Å². The van der Waals surface area contributed by atoms with Crippen LogP contribution in [0.2, 0.25) is 0 Å². The van der Waals surface area contributed by atoms with Crippen LogP contribution in [0.3, 0.4) is 0 Å². The summed E-state index contributed by atoms with van der Waals surface area (Å²) in [6, 6.07) is 10.3. The molecule has 1 saturated heterocycles. The number of ether oxygens (including phenoxy) is 2. The SMILES string of the molecule is COc1ccc(N2CCN(C(=O)COC(=O)/C=C/c3ccc([N+](=O)[O-])o3)CC2)cc1. The molecular weight excluding hydrogens is 394 g/mol. The smallest absolute Gasteiger partial charge is 0.433 e. The van der Waals surface area contributed by atoms with E-state index in [1.807, 2.05) is 24.3 Å². The molecule has 0 aliphatic carbocycles. The predicted octanol–water partition coefficient (Wildman–Crippen LogP) is 2.10. The second kappa shape index (κ2) is 9.59. The largest absolute Gasteiger partial charge is 0.497 e. The van der Waals surface area contributed by atoms with Gasteiger partial charge in [0.05, 0.1) is 13.2 Å². The fourth-order valence-corrected chi connectivity index (χ4v) is 2.96. The molecule has 158 valence electrons. The number of rotatable bonds is 7. The van der Waals surface area contributed by atoms with Gasteiger partial charge in [0.25, 0.3) is 5.91 Å². The van der Waals surface area contributed by atoms with Gasteiger partial charge in [-0.3, -0.25) is 14.9 Å². The molecule has 1 fully saturated rings. The average Bonchev–Trinajstić information content (AvgIpc) is 3.26. The molecule has 0 saturated carbocycles. The van der Waals surface area contributed by atoms with E-state index in [9.17, 15) is 19.7 Å². The highest BCUT2D eigenvalue weighted by Gasteiger charge is 2.22. The Hall–Kier alpha value is -3.82. The molecule has 2 aromatic rings. The van der Waals surface area contributed by atoms with Crippen molar-refractivity contribution in [2.24, 2.45) is 0 Å². The van der Waals surface area contributed by atoms with Crippen LogP contribution in [-0.4, -0.2) is 61.6 Å². The van der Waals surface area contributed by atoms with Crippen molar-refractivity contribution in [2.45, 2.75) is 0 Å². The molecule has 1 aliphatic rings. The minimum absolute atomic E-state index is 0.139. The summed E-state index contributed by atoms with van der Waals surface area (Å²) in [7, 11) is 1.62. The Kier molecular flexibility index (Phi) is 6.68. The summed E-state index contributed by atoms with van der Waals surface area (Å²) in [4.78, 5) is 37.7. The van der Waals surface area contributed by atoms with Crippen LogP contribution in [-0.2, 0) is 14.3 Å². The number of piperazine rings is 1. The first-order valence-electron chi connectivity index (χ1n) is 9.22. The monoisotopic (exact) mass is 415 g/mol. The fraction of sp³-hybridized carbons (Fsp3) is 0.300. The number of carbonyl (C=O) groups excluding carboxylic acids is 2. The van der Waals surface area contributed by atoms with Gasteiger partial charge in [-0.05, 0) is 36.4 Å². The first kappa shape index (κ1) is 20.9. The van der Waals surface area contributed by atoms with Gasteiger partial charge in [-0.1, -0.05) is 0 Å². The molecule has 0 unspecified atom stereocenters. The summed E-state index contributed by atoms with van der Waals surface area (Å²) in [5, 5.41) is 10.6. The lowest BCUT2D eigenvalue weighted by Gasteiger charge is -2.36. The van der Waals surface area contributed by atoms with Gasteiger partial charge in [0.1, 0.15) is 16.4 Å². The number of hydrogen-bond donors (Lipinski definition) is 0. The van der Waals surface area contributed by atoms with Crippen molar-refractivity contribution in [1.29, 1.82) is 0 Å². The zero-order valence-electron chi connectivity index (χ0n) is 16.4. The zero-order valence-corrected chi connectivity index (χ0v) is 16.4. The van der Waals surface area contributed by atoms with E-state index in [0.717, 1.165) is 17.5 Å². The Morgan fingerprint density at radius 1 is 1.13 bits per heavy atom. The standard InChI is InChI=1S/C20H21N3O7/c1-28-16-4-2-15(3-5-16)21-10-12-22(13-11-21)18(24)14-29-20(25)9-7-17-6-8-19(30-17)23(26)27/h2-9H,10-14H2,1H3/b9-7+. The van der Waals surface area contributed by atoms with Crippen molar-refractivity contribution < 1.29 is 28.4 Å². The van der Waals surface area contributed by atoms with E-state index in [1.54, 1.807) is 12.0 Å². The maximum atomic E-state index is 12.3. The van der Waals surface area contributed by atoms with E-state index < -0.39 is 16.8 Å². The summed E-state index contributed by atoms with van der Waals surface area (Å²) < 4.78 is 15.0. The van der Waals surface area contributed by atoms with E-state index in [0.29, 0.717) is 26.2 Å². The molecule has 0 bridgehead atoms. The van der Waals surface area contributed by atoms with Crippen LogP contribution in [0.25, 0.3) is 6.08 Å². The number of nitro groups is 1. The molecule has 10 nitrogen and oxygen atoms in total. The third-order valence-electron chi connectivity index (χ3n) is 4.58. The summed E-state index contributed by atoms with van der Waals surface area (Å²) >= 11 is 0. The van der Waals surface area contributed by atoms with E-state index >= 15 is 0 Å². The summed E-state index contributed by atoms with van der Waals surface area (Å²) in [5.74, 6) is -0.514. The topological polar surface area (TPSA) is 115 Å². The maximum absolute atomic E-state index is 12.3. The fourth-order valence-electron chi connectivity index (χ4n) is 2.96. The van der Waals surface area contributed by atoms with Gasteiger partial charge in [-0.2, -0.15) is 0 Å². The Morgan fingerprint density at radius 2 is 1.83 bits per heavy atom. The molecule has 0 spiro atoms. The minimum Gasteiger partial charge on any atom is -0.497 e. The second-order valence-corrected chi connectivity index (χ2v) is 6.44. The lowest BCUT2D eigenvalue weighted by Crippen LogP contribution is -2.49. The maximum Gasteiger partial charge on any atom is 0.433 e. The van der Waals surface area contributed by atoms with E-state index in [4.69, 9.17) is 13.9 Å². The van der Waals surface area contributed by atoms with Crippen LogP contribution in [0.5, 0.6) is 5.75 Å². The van der Waals surface area contributed by atoms with Gasteiger partial charge < -0.3 is 23.7 Å². The first-order valence-corrected chi connectivity index (χ1v) is 9.22. The third-order valence-corrected chi connectivity index (χ3v) is 4.58. The molecule has 0 N–H and O–H groups in total. The lowest BCUT2D eigenvalue weighted by molar-refractivity contribution is -0.402. The van der Waals surface area contributed by atoms with Crippen LogP contribution in [0.1, 0.15) is 5.76 Å².